The fourth-order valence-corrected chi connectivity index (χ4v) is 4.15. The second kappa shape index (κ2) is 15.5. The van der Waals surface area contributed by atoms with Gasteiger partial charge in [0.25, 0.3) is 0 Å². The zero-order chi connectivity index (χ0) is 24.7. The number of hydrogen-bond donors (Lipinski definition) is 0. The Morgan fingerprint density at radius 2 is 1.50 bits per heavy atom. The van der Waals surface area contributed by atoms with Crippen LogP contribution in [0.1, 0.15) is 76.3 Å². The second-order valence-corrected chi connectivity index (χ2v) is 10.2. The Morgan fingerprint density at radius 3 is 2.18 bits per heavy atom. The molecule has 34 heavy (non-hydrogen) atoms. The molecule has 0 aliphatic carbocycles. The van der Waals surface area contributed by atoms with Crippen molar-refractivity contribution in [3.63, 3.8) is 0 Å². The van der Waals surface area contributed by atoms with Gasteiger partial charge in [-0.25, -0.2) is 0 Å². The molecule has 0 saturated heterocycles. The number of benzene rings is 2. The van der Waals surface area contributed by atoms with Crippen LogP contribution in [-0.2, 0) is 22.5 Å². The Morgan fingerprint density at radius 1 is 0.853 bits per heavy atom. The Labute approximate surface area is 207 Å². The molecule has 0 aliphatic heterocycles. The van der Waals surface area contributed by atoms with Crippen LogP contribution in [0.25, 0.3) is 0 Å². The van der Waals surface area contributed by atoms with Crippen LogP contribution in [0.4, 0.5) is 0 Å². The van der Waals surface area contributed by atoms with Gasteiger partial charge in [0.1, 0.15) is 12.3 Å². The number of hydrogen-bond acceptors (Lipinski definition) is 3. The third kappa shape index (κ3) is 11.7. The van der Waals surface area contributed by atoms with Gasteiger partial charge >= 0.3 is 5.97 Å². The largest absolute Gasteiger partial charge is 0.457 e. The van der Waals surface area contributed by atoms with Gasteiger partial charge in [-0.3, -0.25) is 4.79 Å². The summed E-state index contributed by atoms with van der Waals surface area (Å²) < 4.78 is 11.8. The van der Waals surface area contributed by atoms with Gasteiger partial charge < -0.3 is 14.0 Å². The predicted octanol–water partition coefficient (Wildman–Crippen LogP) is 7.16. The molecule has 0 bridgehead atoms. The second-order valence-electron chi connectivity index (χ2n) is 10.2. The van der Waals surface area contributed by atoms with E-state index < -0.39 is 0 Å². The third-order valence-electron chi connectivity index (χ3n) is 6.44. The Hall–Kier alpha value is -2.33. The van der Waals surface area contributed by atoms with Crippen LogP contribution in [0, 0.1) is 5.92 Å². The summed E-state index contributed by atoms with van der Waals surface area (Å²) in [7, 11) is 4.40. The first kappa shape index (κ1) is 27.9. The number of ether oxygens (including phenoxy) is 2. The summed E-state index contributed by atoms with van der Waals surface area (Å²) in [6.45, 7) is 6.01. The zero-order valence-corrected chi connectivity index (χ0v) is 21.9. The maximum atomic E-state index is 12.4. The minimum atomic E-state index is -0.199. The molecule has 188 valence electrons. The molecular weight excluding hydrogens is 422 g/mol. The van der Waals surface area contributed by atoms with Crippen LogP contribution in [0.5, 0.6) is 5.75 Å². The summed E-state index contributed by atoms with van der Waals surface area (Å²) in [4.78, 5) is 12.4. The lowest BCUT2D eigenvalue weighted by Crippen LogP contribution is -2.40. The summed E-state index contributed by atoms with van der Waals surface area (Å²) in [6, 6.07) is 18.6. The van der Waals surface area contributed by atoms with E-state index in [0.717, 1.165) is 36.2 Å². The number of nitrogens with zero attached hydrogens (tertiary/aromatic N) is 1. The van der Waals surface area contributed by atoms with E-state index in [1.165, 1.54) is 56.1 Å². The summed E-state index contributed by atoms with van der Waals surface area (Å²) in [6.07, 6.45) is 11.2. The molecule has 1 unspecified atom stereocenters. The van der Waals surface area contributed by atoms with Gasteiger partial charge in [-0.15, -0.1) is 0 Å². The van der Waals surface area contributed by atoms with E-state index in [1.807, 2.05) is 25.1 Å². The molecule has 0 saturated carbocycles. The number of carbonyl (C=O) groups excluding carboxylic acids is 1. The van der Waals surface area contributed by atoms with Crippen LogP contribution in [-0.4, -0.2) is 37.9 Å². The van der Waals surface area contributed by atoms with E-state index in [4.69, 9.17) is 9.47 Å². The molecule has 0 aliphatic rings. The normalized spacial score (nSPS) is 12.4. The van der Waals surface area contributed by atoms with Crippen molar-refractivity contribution in [2.24, 2.45) is 5.92 Å². The van der Waals surface area contributed by atoms with Crippen molar-refractivity contribution < 1.29 is 18.8 Å². The molecular formula is C30H46NO3+. The van der Waals surface area contributed by atoms with Gasteiger partial charge in [-0.1, -0.05) is 94.8 Å². The summed E-state index contributed by atoms with van der Waals surface area (Å²) in [5.41, 5.74) is 2.65. The van der Waals surface area contributed by atoms with Gasteiger partial charge in [0.2, 0.25) is 6.79 Å². The highest BCUT2D eigenvalue weighted by atomic mass is 16.7. The number of unbranched alkanes of at least 4 members (excludes halogenated alkanes) is 6. The van der Waals surface area contributed by atoms with Crippen molar-refractivity contribution in [3.05, 3.63) is 65.7 Å². The standard InChI is InChI=1S/C30H46NO3/c1-5-6-7-8-9-10-12-15-27-18-20-29(21-19-27)33-25-34-30(32)26(2)22-23-31(3,4)24-28-16-13-11-14-17-28/h11,13-14,16-21,26H,5-10,12,15,22-25H2,1-4H3/q+1. The SMILES string of the molecule is CCCCCCCCCc1ccc(OCOC(=O)C(C)CC[N+](C)(C)Cc2ccccc2)cc1. The Balaban J connectivity index is 1.60. The van der Waals surface area contributed by atoms with Crippen LogP contribution in [0.3, 0.4) is 0 Å². The summed E-state index contributed by atoms with van der Waals surface area (Å²) >= 11 is 0. The molecule has 0 heterocycles. The summed E-state index contributed by atoms with van der Waals surface area (Å²) in [5.74, 6) is 0.390. The van der Waals surface area contributed by atoms with Crippen LogP contribution < -0.4 is 4.74 Å². The van der Waals surface area contributed by atoms with E-state index in [1.54, 1.807) is 0 Å². The maximum Gasteiger partial charge on any atom is 0.311 e. The molecule has 0 N–H and O–H groups in total. The molecule has 2 aromatic rings. The fourth-order valence-electron chi connectivity index (χ4n) is 4.15. The number of esters is 1. The maximum absolute atomic E-state index is 12.4. The highest BCUT2D eigenvalue weighted by Gasteiger charge is 2.21. The number of rotatable bonds is 17. The lowest BCUT2D eigenvalue weighted by molar-refractivity contribution is -0.904. The van der Waals surface area contributed by atoms with Crippen LogP contribution >= 0.6 is 0 Å². The molecule has 4 nitrogen and oxygen atoms in total. The Kier molecular flexibility index (Phi) is 12.8. The summed E-state index contributed by atoms with van der Waals surface area (Å²) in [5, 5.41) is 0. The topological polar surface area (TPSA) is 35.5 Å². The average molecular weight is 469 g/mol. The van der Waals surface area contributed by atoms with E-state index in [2.05, 4.69) is 57.4 Å². The molecule has 4 heteroatoms. The number of carbonyl (C=O) groups is 1. The monoisotopic (exact) mass is 468 g/mol. The predicted molar refractivity (Wildman–Crippen MR) is 141 cm³/mol. The molecule has 0 amide bonds. The Bertz CT molecular complexity index is 802. The number of aryl methyl sites for hydroxylation is 1. The van der Waals surface area contributed by atoms with Gasteiger partial charge in [-0.05, 0) is 30.5 Å². The minimum Gasteiger partial charge on any atom is -0.457 e. The van der Waals surface area contributed by atoms with Gasteiger partial charge in [-0.2, -0.15) is 0 Å². The number of quaternary nitrogens is 1. The first-order chi connectivity index (χ1) is 16.4. The van der Waals surface area contributed by atoms with E-state index in [0.29, 0.717) is 0 Å². The van der Waals surface area contributed by atoms with Crippen molar-refractivity contribution in [3.8, 4) is 5.75 Å². The van der Waals surface area contributed by atoms with Crippen molar-refractivity contribution in [1.29, 1.82) is 0 Å². The van der Waals surface area contributed by atoms with E-state index in [-0.39, 0.29) is 18.7 Å². The van der Waals surface area contributed by atoms with E-state index >= 15 is 0 Å². The lowest BCUT2D eigenvalue weighted by atomic mass is 10.0. The first-order valence-electron chi connectivity index (χ1n) is 13.1. The molecule has 2 rings (SSSR count). The molecule has 0 aromatic heterocycles. The highest BCUT2D eigenvalue weighted by molar-refractivity contribution is 5.71. The van der Waals surface area contributed by atoms with Crippen LogP contribution in [0.15, 0.2) is 54.6 Å². The molecule has 2 aromatic carbocycles. The molecule has 0 spiro atoms. The molecule has 0 radical (unpaired) electrons. The average Bonchev–Trinajstić information content (AvgIpc) is 2.83. The van der Waals surface area contributed by atoms with Gasteiger partial charge in [0.05, 0.1) is 26.6 Å². The van der Waals surface area contributed by atoms with Crippen molar-refractivity contribution in [2.75, 3.05) is 27.4 Å². The zero-order valence-electron chi connectivity index (χ0n) is 21.9. The molecule has 1 atom stereocenters. The lowest BCUT2D eigenvalue weighted by Gasteiger charge is -2.30. The quantitative estimate of drug-likeness (QED) is 0.107. The highest BCUT2D eigenvalue weighted by Crippen LogP contribution is 2.17. The minimum absolute atomic E-state index is 0.0391. The smallest absolute Gasteiger partial charge is 0.311 e. The van der Waals surface area contributed by atoms with Crippen molar-refractivity contribution in [2.45, 2.75) is 78.2 Å². The van der Waals surface area contributed by atoms with Crippen LogP contribution in [0.2, 0.25) is 0 Å². The van der Waals surface area contributed by atoms with E-state index in [9.17, 15) is 4.79 Å². The third-order valence-corrected chi connectivity index (χ3v) is 6.44. The fraction of sp³-hybridized carbons (Fsp3) is 0.567. The van der Waals surface area contributed by atoms with Crippen molar-refractivity contribution >= 4 is 5.97 Å². The first-order valence-corrected chi connectivity index (χ1v) is 13.1. The van der Waals surface area contributed by atoms with Crippen molar-refractivity contribution in [1.82, 2.24) is 0 Å². The van der Waals surface area contributed by atoms with Gasteiger partial charge in [0.15, 0.2) is 0 Å². The molecule has 0 fully saturated rings. The van der Waals surface area contributed by atoms with Gasteiger partial charge in [0, 0.05) is 12.0 Å².